The highest BCUT2D eigenvalue weighted by molar-refractivity contribution is 7.92. The van der Waals surface area contributed by atoms with Crippen LogP contribution in [0.1, 0.15) is 25.8 Å². The summed E-state index contributed by atoms with van der Waals surface area (Å²) in [6, 6.07) is 7.92. The molecule has 0 radical (unpaired) electrons. The Hall–Kier alpha value is -2.81. The van der Waals surface area contributed by atoms with Crippen LogP contribution in [0.2, 0.25) is 0 Å². The summed E-state index contributed by atoms with van der Waals surface area (Å²) < 4.78 is 51.9. The van der Waals surface area contributed by atoms with Crippen LogP contribution in [-0.4, -0.2) is 40.3 Å². The van der Waals surface area contributed by atoms with E-state index in [0.717, 1.165) is 17.7 Å². The van der Waals surface area contributed by atoms with Gasteiger partial charge in [-0.05, 0) is 56.4 Å². The molecule has 0 aliphatic carbocycles. The summed E-state index contributed by atoms with van der Waals surface area (Å²) in [6.45, 7) is 3.61. The molecule has 1 N–H and O–H groups in total. The molecule has 1 atom stereocenters. The predicted molar refractivity (Wildman–Crippen MR) is 113 cm³/mol. The first-order chi connectivity index (χ1) is 14.5. The van der Waals surface area contributed by atoms with Crippen LogP contribution in [-0.2, 0) is 26.0 Å². The number of phenols is 1. The van der Waals surface area contributed by atoms with E-state index < -0.39 is 21.3 Å². The van der Waals surface area contributed by atoms with Gasteiger partial charge in [0.1, 0.15) is 5.75 Å². The molecule has 0 bridgehead atoms. The van der Waals surface area contributed by atoms with Crippen molar-refractivity contribution in [2.45, 2.75) is 31.6 Å². The second kappa shape index (κ2) is 8.37. The molecule has 0 saturated carbocycles. The average Bonchev–Trinajstić information content (AvgIpc) is 2.72. The van der Waals surface area contributed by atoms with Gasteiger partial charge in [-0.25, -0.2) is 12.8 Å². The SMILES string of the molecule is COC(=O)C(C)(C)C[C@@H]1Cc2ccc(O)cc2N(S(=O)(=O)c2ccc(F)c(OC)c2)C1. The van der Waals surface area contributed by atoms with Gasteiger partial charge in [0.25, 0.3) is 10.0 Å². The van der Waals surface area contributed by atoms with Gasteiger partial charge in [0, 0.05) is 18.7 Å². The lowest BCUT2D eigenvalue weighted by molar-refractivity contribution is -0.151. The minimum absolute atomic E-state index is 0.0658. The third-order valence-electron chi connectivity index (χ3n) is 5.52. The number of ether oxygens (including phenoxy) is 2. The maximum absolute atomic E-state index is 13.8. The van der Waals surface area contributed by atoms with Gasteiger partial charge in [-0.2, -0.15) is 0 Å². The first-order valence-corrected chi connectivity index (χ1v) is 11.2. The van der Waals surface area contributed by atoms with Crippen molar-refractivity contribution in [1.29, 1.82) is 0 Å². The number of rotatable bonds is 6. The number of esters is 1. The predicted octanol–water partition coefficient (Wildman–Crippen LogP) is 3.50. The molecule has 0 spiro atoms. The standard InChI is InChI=1S/C22H26FNO6S/c1-22(2,21(26)30-4)12-14-9-15-5-6-16(25)10-19(15)24(13-14)31(27,28)17-7-8-18(23)20(11-17)29-3/h5-8,10-11,14,25H,9,12-13H2,1-4H3/t14-/m0/s1. The molecule has 0 fully saturated rings. The number of anilines is 1. The van der Waals surface area contributed by atoms with Crippen LogP contribution in [0.4, 0.5) is 10.1 Å². The Morgan fingerprint density at radius 2 is 1.94 bits per heavy atom. The molecule has 9 heteroatoms. The summed E-state index contributed by atoms with van der Waals surface area (Å²) in [5, 5.41) is 9.97. The molecule has 7 nitrogen and oxygen atoms in total. The Balaban J connectivity index is 2.05. The third kappa shape index (κ3) is 4.46. The van der Waals surface area contributed by atoms with Crippen molar-refractivity contribution >= 4 is 21.7 Å². The smallest absolute Gasteiger partial charge is 0.311 e. The fourth-order valence-electron chi connectivity index (χ4n) is 4.04. The van der Waals surface area contributed by atoms with Crippen molar-refractivity contribution in [2.24, 2.45) is 11.3 Å². The molecule has 1 aliphatic rings. The van der Waals surface area contributed by atoms with E-state index in [2.05, 4.69) is 0 Å². The van der Waals surface area contributed by atoms with Crippen molar-refractivity contribution in [3.05, 3.63) is 47.8 Å². The van der Waals surface area contributed by atoms with E-state index in [1.54, 1.807) is 19.9 Å². The van der Waals surface area contributed by atoms with Gasteiger partial charge in [-0.15, -0.1) is 0 Å². The number of carbonyl (C=O) groups is 1. The van der Waals surface area contributed by atoms with E-state index in [9.17, 15) is 22.7 Å². The number of sulfonamides is 1. The van der Waals surface area contributed by atoms with Gasteiger partial charge in [0.2, 0.25) is 0 Å². The fraction of sp³-hybridized carbons (Fsp3) is 0.409. The molecular weight excluding hydrogens is 425 g/mol. The number of carbonyl (C=O) groups excluding carboxylic acids is 1. The fourth-order valence-corrected chi connectivity index (χ4v) is 5.63. The molecular formula is C22H26FNO6S. The Labute approximate surface area is 181 Å². The van der Waals surface area contributed by atoms with Gasteiger partial charge in [-0.3, -0.25) is 9.10 Å². The number of phenolic OH excluding ortho intramolecular Hbond substituents is 1. The minimum Gasteiger partial charge on any atom is -0.508 e. The molecule has 0 amide bonds. The molecule has 1 heterocycles. The summed E-state index contributed by atoms with van der Waals surface area (Å²) in [4.78, 5) is 12.0. The molecule has 0 unspecified atom stereocenters. The molecule has 31 heavy (non-hydrogen) atoms. The van der Waals surface area contributed by atoms with E-state index in [1.807, 2.05) is 0 Å². The minimum atomic E-state index is -4.10. The zero-order valence-corrected chi connectivity index (χ0v) is 18.7. The number of aromatic hydroxyl groups is 1. The molecule has 3 rings (SSSR count). The van der Waals surface area contributed by atoms with Crippen LogP contribution in [0.5, 0.6) is 11.5 Å². The Kier molecular flexibility index (Phi) is 6.18. The number of methoxy groups -OCH3 is 2. The zero-order valence-electron chi connectivity index (χ0n) is 17.9. The highest BCUT2D eigenvalue weighted by Crippen LogP contribution is 2.40. The monoisotopic (exact) mass is 451 g/mol. The maximum atomic E-state index is 13.8. The highest BCUT2D eigenvalue weighted by atomic mass is 32.2. The number of nitrogens with zero attached hydrogens (tertiary/aromatic N) is 1. The quantitative estimate of drug-likeness (QED) is 0.676. The molecule has 0 saturated heterocycles. The van der Waals surface area contributed by atoms with Crippen LogP contribution in [0.25, 0.3) is 0 Å². The number of hydrogen-bond donors (Lipinski definition) is 1. The summed E-state index contributed by atoms with van der Waals surface area (Å²) in [7, 11) is -1.52. The van der Waals surface area contributed by atoms with Crippen molar-refractivity contribution in [1.82, 2.24) is 0 Å². The van der Waals surface area contributed by atoms with Crippen molar-refractivity contribution in [3.63, 3.8) is 0 Å². The number of fused-ring (bicyclic) bond motifs is 1. The summed E-state index contributed by atoms with van der Waals surface area (Å²) in [5.41, 5.74) is 0.283. The first kappa shape index (κ1) is 22.9. The molecule has 0 aromatic heterocycles. The van der Waals surface area contributed by atoms with Crippen LogP contribution in [0.15, 0.2) is 41.3 Å². The maximum Gasteiger partial charge on any atom is 0.311 e. The third-order valence-corrected chi connectivity index (χ3v) is 7.29. The van der Waals surface area contributed by atoms with Crippen molar-refractivity contribution in [3.8, 4) is 11.5 Å². The number of halogens is 1. The Morgan fingerprint density at radius 3 is 2.58 bits per heavy atom. The Bertz CT molecular complexity index is 1100. The van der Waals surface area contributed by atoms with Crippen molar-refractivity contribution < 1.29 is 32.2 Å². The van der Waals surface area contributed by atoms with E-state index in [-0.39, 0.29) is 34.8 Å². The Morgan fingerprint density at radius 1 is 1.23 bits per heavy atom. The van der Waals surface area contributed by atoms with Crippen LogP contribution in [0, 0.1) is 17.2 Å². The number of benzene rings is 2. The van der Waals surface area contributed by atoms with Crippen LogP contribution < -0.4 is 9.04 Å². The van der Waals surface area contributed by atoms with Gasteiger partial charge in [0.15, 0.2) is 11.6 Å². The van der Waals surface area contributed by atoms with Gasteiger partial charge >= 0.3 is 5.97 Å². The molecule has 1 aliphatic heterocycles. The summed E-state index contributed by atoms with van der Waals surface area (Å²) >= 11 is 0. The highest BCUT2D eigenvalue weighted by Gasteiger charge is 2.38. The normalized spacial score (nSPS) is 16.5. The molecule has 2 aromatic carbocycles. The second-order valence-electron chi connectivity index (χ2n) is 8.30. The van der Waals surface area contributed by atoms with Crippen molar-refractivity contribution in [2.75, 3.05) is 25.1 Å². The average molecular weight is 452 g/mol. The second-order valence-corrected chi connectivity index (χ2v) is 10.2. The zero-order chi connectivity index (χ0) is 23.0. The largest absolute Gasteiger partial charge is 0.508 e. The summed E-state index contributed by atoms with van der Waals surface area (Å²) in [5.74, 6) is -1.47. The van der Waals surface area contributed by atoms with Crippen LogP contribution in [0.3, 0.4) is 0 Å². The number of hydrogen-bond acceptors (Lipinski definition) is 6. The van der Waals surface area contributed by atoms with Crippen LogP contribution >= 0.6 is 0 Å². The topological polar surface area (TPSA) is 93.1 Å². The van der Waals surface area contributed by atoms with E-state index in [0.29, 0.717) is 18.5 Å². The van der Waals surface area contributed by atoms with E-state index in [4.69, 9.17) is 9.47 Å². The molecule has 168 valence electrons. The summed E-state index contributed by atoms with van der Waals surface area (Å²) in [6.07, 6.45) is 0.938. The first-order valence-electron chi connectivity index (χ1n) is 9.76. The van der Waals surface area contributed by atoms with E-state index >= 15 is 0 Å². The lowest BCUT2D eigenvalue weighted by atomic mass is 9.79. The van der Waals surface area contributed by atoms with Gasteiger partial charge in [-0.1, -0.05) is 6.07 Å². The van der Waals surface area contributed by atoms with Gasteiger partial charge < -0.3 is 14.6 Å². The lowest BCUT2D eigenvalue weighted by Gasteiger charge is -2.37. The lowest BCUT2D eigenvalue weighted by Crippen LogP contribution is -2.42. The van der Waals surface area contributed by atoms with E-state index in [1.165, 1.54) is 36.7 Å². The molecule has 2 aromatic rings. The van der Waals surface area contributed by atoms with Gasteiger partial charge in [0.05, 0.1) is 30.2 Å².